The van der Waals surface area contributed by atoms with Crippen molar-refractivity contribution < 1.29 is 14.0 Å². The molecule has 25 heavy (non-hydrogen) atoms. The predicted molar refractivity (Wildman–Crippen MR) is 98.8 cm³/mol. The summed E-state index contributed by atoms with van der Waals surface area (Å²) in [6, 6.07) is 12.9. The molecule has 0 fully saturated rings. The van der Waals surface area contributed by atoms with Gasteiger partial charge in [0.2, 0.25) is 11.8 Å². The normalized spacial score (nSPS) is 11.1. The summed E-state index contributed by atoms with van der Waals surface area (Å²) in [6.07, 6.45) is 0.0651. The molecule has 0 aliphatic heterocycles. The molecule has 7 heteroatoms. The van der Waals surface area contributed by atoms with E-state index in [-0.39, 0.29) is 30.5 Å². The van der Waals surface area contributed by atoms with Crippen LogP contribution in [0.5, 0.6) is 0 Å². The molecule has 2 rings (SSSR count). The van der Waals surface area contributed by atoms with Gasteiger partial charge in [0, 0.05) is 23.0 Å². The zero-order valence-electron chi connectivity index (χ0n) is 13.6. The summed E-state index contributed by atoms with van der Waals surface area (Å²) in [5, 5.41) is 6.66. The molecule has 0 bridgehead atoms. The summed E-state index contributed by atoms with van der Waals surface area (Å²) in [6.45, 7) is 1.70. The van der Waals surface area contributed by atoms with Gasteiger partial charge in [-0.1, -0.05) is 28.1 Å². The highest BCUT2D eigenvalue weighted by molar-refractivity contribution is 9.10. The maximum absolute atomic E-state index is 12.9. The fourth-order valence-corrected chi connectivity index (χ4v) is 2.21. The molecule has 0 spiro atoms. The molecule has 0 aliphatic carbocycles. The first kappa shape index (κ1) is 18.8. The zero-order chi connectivity index (χ0) is 18.2. The summed E-state index contributed by atoms with van der Waals surface area (Å²) in [7, 11) is 0. The SMILES string of the molecule is C/C(=N\NC(=O)CCC(=O)Nc1ccc(Br)cc1)c1ccc(F)cc1. The number of nitrogens with zero attached hydrogens (tertiary/aromatic N) is 1. The quantitative estimate of drug-likeness (QED) is 0.565. The molecular formula is C18H17BrFN3O2. The molecule has 0 heterocycles. The largest absolute Gasteiger partial charge is 0.326 e. The number of amides is 2. The molecule has 2 aromatic carbocycles. The fourth-order valence-electron chi connectivity index (χ4n) is 1.94. The van der Waals surface area contributed by atoms with Crippen LogP contribution in [-0.2, 0) is 9.59 Å². The fraction of sp³-hybridized carbons (Fsp3) is 0.167. The van der Waals surface area contributed by atoms with Crippen molar-refractivity contribution in [3.63, 3.8) is 0 Å². The number of hydrogen-bond acceptors (Lipinski definition) is 3. The van der Waals surface area contributed by atoms with Crippen molar-refractivity contribution in [2.24, 2.45) is 5.10 Å². The lowest BCUT2D eigenvalue weighted by Gasteiger charge is -2.05. The van der Waals surface area contributed by atoms with Crippen LogP contribution in [0.1, 0.15) is 25.3 Å². The van der Waals surface area contributed by atoms with Gasteiger partial charge < -0.3 is 5.32 Å². The van der Waals surface area contributed by atoms with Crippen LogP contribution in [0.15, 0.2) is 58.1 Å². The second-order valence-electron chi connectivity index (χ2n) is 5.29. The molecular weight excluding hydrogens is 389 g/mol. The van der Waals surface area contributed by atoms with Crippen molar-refractivity contribution in [3.8, 4) is 0 Å². The average molecular weight is 406 g/mol. The standard InChI is InChI=1S/C18H17BrFN3O2/c1-12(13-2-6-15(20)7-3-13)22-23-18(25)11-10-17(24)21-16-8-4-14(19)5-9-16/h2-9H,10-11H2,1H3,(H,21,24)(H,23,25)/b22-12+. The first-order chi connectivity index (χ1) is 11.9. The van der Waals surface area contributed by atoms with E-state index in [1.165, 1.54) is 12.1 Å². The minimum atomic E-state index is -0.368. The van der Waals surface area contributed by atoms with Crippen molar-refractivity contribution in [2.75, 3.05) is 5.32 Å². The number of carbonyl (C=O) groups excluding carboxylic acids is 2. The Bertz CT molecular complexity index is 774. The zero-order valence-corrected chi connectivity index (χ0v) is 15.1. The van der Waals surface area contributed by atoms with E-state index in [2.05, 4.69) is 31.8 Å². The van der Waals surface area contributed by atoms with Gasteiger partial charge in [-0.05, 0) is 48.9 Å². The average Bonchev–Trinajstić information content (AvgIpc) is 2.60. The van der Waals surface area contributed by atoms with Gasteiger partial charge in [-0.2, -0.15) is 5.10 Å². The highest BCUT2D eigenvalue weighted by Crippen LogP contribution is 2.14. The molecule has 2 N–H and O–H groups in total. The van der Waals surface area contributed by atoms with Crippen LogP contribution >= 0.6 is 15.9 Å². The number of halogens is 2. The number of hydrazone groups is 1. The number of rotatable bonds is 6. The van der Waals surface area contributed by atoms with Crippen molar-refractivity contribution in [3.05, 3.63) is 64.4 Å². The minimum Gasteiger partial charge on any atom is -0.326 e. The van der Waals surface area contributed by atoms with E-state index in [1.54, 1.807) is 31.2 Å². The maximum atomic E-state index is 12.9. The van der Waals surface area contributed by atoms with Crippen LogP contribution in [0.2, 0.25) is 0 Å². The Balaban J connectivity index is 1.77. The lowest BCUT2D eigenvalue weighted by molar-refractivity contribution is -0.124. The molecule has 0 radical (unpaired) electrons. The molecule has 0 unspecified atom stereocenters. The van der Waals surface area contributed by atoms with Crippen LogP contribution in [-0.4, -0.2) is 17.5 Å². The van der Waals surface area contributed by atoms with Crippen LogP contribution in [0, 0.1) is 5.82 Å². The van der Waals surface area contributed by atoms with Crippen molar-refractivity contribution in [1.29, 1.82) is 0 Å². The van der Waals surface area contributed by atoms with Gasteiger partial charge in [0.1, 0.15) is 5.82 Å². The molecule has 5 nitrogen and oxygen atoms in total. The van der Waals surface area contributed by atoms with E-state index in [1.807, 2.05) is 12.1 Å². The maximum Gasteiger partial charge on any atom is 0.240 e. The lowest BCUT2D eigenvalue weighted by Crippen LogP contribution is -2.21. The minimum absolute atomic E-state index is 0.0164. The van der Waals surface area contributed by atoms with E-state index in [9.17, 15) is 14.0 Å². The topological polar surface area (TPSA) is 70.6 Å². The molecule has 0 aromatic heterocycles. The van der Waals surface area contributed by atoms with Crippen molar-refractivity contribution in [2.45, 2.75) is 19.8 Å². The van der Waals surface area contributed by atoms with Crippen molar-refractivity contribution >= 4 is 39.1 Å². The summed E-state index contributed by atoms with van der Waals surface area (Å²) in [4.78, 5) is 23.6. The number of benzene rings is 2. The Labute approximate surface area is 153 Å². The van der Waals surface area contributed by atoms with Gasteiger partial charge in [0.15, 0.2) is 0 Å². The van der Waals surface area contributed by atoms with E-state index < -0.39 is 0 Å². The first-order valence-corrected chi connectivity index (χ1v) is 8.38. The summed E-state index contributed by atoms with van der Waals surface area (Å²) in [5.41, 5.74) is 4.31. The summed E-state index contributed by atoms with van der Waals surface area (Å²) in [5.74, 6) is -0.957. The van der Waals surface area contributed by atoms with Gasteiger partial charge in [0.25, 0.3) is 0 Å². The van der Waals surface area contributed by atoms with E-state index in [0.29, 0.717) is 17.0 Å². The van der Waals surface area contributed by atoms with Crippen LogP contribution in [0.25, 0.3) is 0 Å². The Morgan fingerprint density at radius 1 is 1.00 bits per heavy atom. The van der Waals surface area contributed by atoms with Crippen molar-refractivity contribution in [1.82, 2.24) is 5.43 Å². The molecule has 0 saturated heterocycles. The number of nitrogens with one attached hydrogen (secondary N) is 2. The van der Waals surface area contributed by atoms with Crippen LogP contribution in [0.3, 0.4) is 0 Å². The van der Waals surface area contributed by atoms with Gasteiger partial charge >= 0.3 is 0 Å². The number of carbonyl (C=O) groups is 2. The monoisotopic (exact) mass is 405 g/mol. The third-order valence-corrected chi connectivity index (χ3v) is 3.85. The molecule has 2 aromatic rings. The number of hydrogen-bond donors (Lipinski definition) is 2. The Morgan fingerprint density at radius 3 is 2.24 bits per heavy atom. The van der Waals surface area contributed by atoms with Crippen LogP contribution in [0.4, 0.5) is 10.1 Å². The Hall–Kier alpha value is -2.54. The second-order valence-corrected chi connectivity index (χ2v) is 6.21. The van der Waals surface area contributed by atoms with Crippen LogP contribution < -0.4 is 10.7 Å². The smallest absolute Gasteiger partial charge is 0.240 e. The predicted octanol–water partition coefficient (Wildman–Crippen LogP) is 3.85. The van der Waals surface area contributed by atoms with Gasteiger partial charge in [0.05, 0.1) is 5.71 Å². The van der Waals surface area contributed by atoms with Gasteiger partial charge in [-0.3, -0.25) is 9.59 Å². The Kier molecular flexibility index (Phi) is 6.82. The summed E-state index contributed by atoms with van der Waals surface area (Å²) >= 11 is 3.31. The molecule has 0 aliphatic rings. The van der Waals surface area contributed by atoms with E-state index in [4.69, 9.17) is 0 Å². The second kappa shape index (κ2) is 9.08. The summed E-state index contributed by atoms with van der Waals surface area (Å²) < 4.78 is 13.8. The van der Waals surface area contributed by atoms with E-state index in [0.717, 1.165) is 4.47 Å². The third-order valence-electron chi connectivity index (χ3n) is 3.32. The highest BCUT2D eigenvalue weighted by atomic mass is 79.9. The third kappa shape index (κ3) is 6.46. The highest BCUT2D eigenvalue weighted by Gasteiger charge is 2.07. The van der Waals surface area contributed by atoms with Gasteiger partial charge in [-0.15, -0.1) is 0 Å². The molecule has 0 atom stereocenters. The first-order valence-electron chi connectivity index (χ1n) is 7.58. The lowest BCUT2D eigenvalue weighted by atomic mass is 10.1. The molecule has 2 amide bonds. The van der Waals surface area contributed by atoms with E-state index >= 15 is 0 Å². The molecule has 130 valence electrons. The molecule has 0 saturated carbocycles. The van der Waals surface area contributed by atoms with Gasteiger partial charge in [-0.25, -0.2) is 9.82 Å². The Morgan fingerprint density at radius 2 is 1.60 bits per heavy atom. The number of anilines is 1.